The zero-order chi connectivity index (χ0) is 12.5. The van der Waals surface area contributed by atoms with Gasteiger partial charge in [0.2, 0.25) is 5.91 Å². The third-order valence-electron chi connectivity index (χ3n) is 3.29. The number of thiazole rings is 1. The van der Waals surface area contributed by atoms with Crippen molar-refractivity contribution >= 4 is 17.2 Å². The maximum Gasteiger partial charge on any atom is 0.230 e. The Morgan fingerprint density at radius 1 is 1.82 bits per heavy atom. The van der Waals surface area contributed by atoms with Crippen LogP contribution in [0.15, 0.2) is 5.51 Å². The van der Waals surface area contributed by atoms with Crippen LogP contribution in [0.1, 0.15) is 17.5 Å². The van der Waals surface area contributed by atoms with Gasteiger partial charge in [0.05, 0.1) is 36.4 Å². The number of ether oxygens (including phenoxy) is 1. The Morgan fingerprint density at radius 2 is 2.59 bits per heavy atom. The SMILES string of the molecule is Cc1ncsc1CNC(=O)C1(C)COCC1N. The van der Waals surface area contributed by atoms with Crippen LogP contribution < -0.4 is 11.1 Å². The second-order valence-corrected chi connectivity index (χ2v) is 5.52. The molecule has 1 aromatic rings. The summed E-state index contributed by atoms with van der Waals surface area (Å²) in [6, 6.07) is -0.231. The molecule has 0 bridgehead atoms. The van der Waals surface area contributed by atoms with Gasteiger partial charge in [0.1, 0.15) is 0 Å². The molecule has 2 rings (SSSR count). The monoisotopic (exact) mass is 255 g/mol. The van der Waals surface area contributed by atoms with Gasteiger partial charge in [0.25, 0.3) is 0 Å². The first-order valence-electron chi connectivity index (χ1n) is 5.54. The van der Waals surface area contributed by atoms with Crippen molar-refractivity contribution in [2.45, 2.75) is 26.4 Å². The first-order chi connectivity index (χ1) is 8.04. The molecule has 5 nitrogen and oxygen atoms in total. The second kappa shape index (κ2) is 4.72. The van der Waals surface area contributed by atoms with E-state index >= 15 is 0 Å². The lowest BCUT2D eigenvalue weighted by Crippen LogP contribution is -2.49. The van der Waals surface area contributed by atoms with E-state index < -0.39 is 5.41 Å². The van der Waals surface area contributed by atoms with Crippen LogP contribution in [-0.2, 0) is 16.1 Å². The molecular formula is C11H17N3O2S. The molecule has 2 heterocycles. The number of nitrogens with one attached hydrogen (secondary N) is 1. The van der Waals surface area contributed by atoms with Gasteiger partial charge in [-0.05, 0) is 13.8 Å². The lowest BCUT2D eigenvalue weighted by Gasteiger charge is -2.25. The van der Waals surface area contributed by atoms with E-state index in [1.807, 2.05) is 13.8 Å². The predicted molar refractivity (Wildman–Crippen MR) is 65.6 cm³/mol. The third kappa shape index (κ3) is 2.34. The smallest absolute Gasteiger partial charge is 0.230 e. The van der Waals surface area contributed by atoms with Gasteiger partial charge in [0, 0.05) is 10.9 Å². The van der Waals surface area contributed by atoms with Crippen LogP contribution in [0.2, 0.25) is 0 Å². The van der Waals surface area contributed by atoms with Gasteiger partial charge in [-0.3, -0.25) is 4.79 Å². The summed E-state index contributed by atoms with van der Waals surface area (Å²) in [5.74, 6) is -0.0460. The first kappa shape index (κ1) is 12.5. The van der Waals surface area contributed by atoms with Crippen molar-refractivity contribution < 1.29 is 9.53 Å². The first-order valence-corrected chi connectivity index (χ1v) is 6.42. The van der Waals surface area contributed by atoms with Gasteiger partial charge in [-0.25, -0.2) is 4.98 Å². The van der Waals surface area contributed by atoms with E-state index in [-0.39, 0.29) is 11.9 Å². The lowest BCUT2D eigenvalue weighted by atomic mass is 9.85. The van der Waals surface area contributed by atoms with Crippen molar-refractivity contribution in [1.29, 1.82) is 0 Å². The Balaban J connectivity index is 1.96. The Morgan fingerprint density at radius 3 is 3.12 bits per heavy atom. The molecule has 0 radical (unpaired) electrons. The number of aryl methyl sites for hydroxylation is 1. The quantitative estimate of drug-likeness (QED) is 0.821. The molecule has 0 aliphatic carbocycles. The molecule has 1 aliphatic rings. The number of hydrogen-bond donors (Lipinski definition) is 2. The van der Waals surface area contributed by atoms with E-state index in [1.165, 1.54) is 0 Å². The molecular weight excluding hydrogens is 238 g/mol. The molecule has 1 saturated heterocycles. The normalized spacial score (nSPS) is 28.3. The molecule has 6 heteroatoms. The summed E-state index contributed by atoms with van der Waals surface area (Å²) < 4.78 is 5.26. The maximum absolute atomic E-state index is 12.1. The van der Waals surface area contributed by atoms with Crippen molar-refractivity contribution in [1.82, 2.24) is 10.3 Å². The minimum atomic E-state index is -0.613. The van der Waals surface area contributed by atoms with Crippen LogP contribution in [0.4, 0.5) is 0 Å². The summed E-state index contributed by atoms with van der Waals surface area (Å²) in [4.78, 5) is 17.3. The zero-order valence-corrected chi connectivity index (χ0v) is 10.8. The van der Waals surface area contributed by atoms with Crippen LogP contribution in [0.25, 0.3) is 0 Å². The Hall–Kier alpha value is -0.980. The molecule has 94 valence electrons. The van der Waals surface area contributed by atoms with E-state index in [1.54, 1.807) is 16.8 Å². The second-order valence-electron chi connectivity index (χ2n) is 4.58. The van der Waals surface area contributed by atoms with E-state index in [0.717, 1.165) is 10.6 Å². The number of nitrogens with two attached hydrogens (primary N) is 1. The summed E-state index contributed by atoms with van der Waals surface area (Å²) in [5.41, 5.74) is 8.03. The largest absolute Gasteiger partial charge is 0.379 e. The number of rotatable bonds is 3. The van der Waals surface area contributed by atoms with E-state index in [4.69, 9.17) is 10.5 Å². The molecule has 0 aromatic carbocycles. The molecule has 2 unspecified atom stereocenters. The number of hydrogen-bond acceptors (Lipinski definition) is 5. The predicted octanol–water partition coefficient (Wildman–Crippen LogP) is 0.432. The number of carbonyl (C=O) groups is 1. The fourth-order valence-electron chi connectivity index (χ4n) is 1.78. The topological polar surface area (TPSA) is 77.2 Å². The van der Waals surface area contributed by atoms with Crippen molar-refractivity contribution in [2.75, 3.05) is 13.2 Å². The van der Waals surface area contributed by atoms with Gasteiger partial charge in [-0.15, -0.1) is 11.3 Å². The van der Waals surface area contributed by atoms with Crippen molar-refractivity contribution in [2.24, 2.45) is 11.1 Å². The van der Waals surface area contributed by atoms with Gasteiger partial charge in [0.15, 0.2) is 0 Å². The molecule has 1 aromatic heterocycles. The van der Waals surface area contributed by atoms with Crippen LogP contribution in [0.5, 0.6) is 0 Å². The van der Waals surface area contributed by atoms with Gasteiger partial charge in [-0.2, -0.15) is 0 Å². The van der Waals surface area contributed by atoms with Gasteiger partial charge >= 0.3 is 0 Å². The summed E-state index contributed by atoms with van der Waals surface area (Å²) >= 11 is 1.55. The fraction of sp³-hybridized carbons (Fsp3) is 0.636. The summed E-state index contributed by atoms with van der Waals surface area (Å²) in [6.45, 7) is 5.13. The average molecular weight is 255 g/mol. The summed E-state index contributed by atoms with van der Waals surface area (Å²) in [5, 5.41) is 2.91. The number of aromatic nitrogens is 1. The minimum absolute atomic E-state index is 0.0460. The van der Waals surface area contributed by atoms with Crippen molar-refractivity contribution in [3.63, 3.8) is 0 Å². The highest BCUT2D eigenvalue weighted by Gasteiger charge is 2.44. The standard InChI is InChI=1S/C11H17N3O2S/c1-7-8(17-6-14-7)3-13-10(15)11(2)5-16-4-9(11)12/h6,9H,3-5,12H2,1-2H3,(H,13,15). The Labute approximate surface area is 104 Å². The molecule has 0 saturated carbocycles. The zero-order valence-electron chi connectivity index (χ0n) is 10.0. The van der Waals surface area contributed by atoms with Crippen LogP contribution in [-0.4, -0.2) is 30.1 Å². The highest BCUT2D eigenvalue weighted by molar-refractivity contribution is 7.09. The Kier molecular flexibility index (Phi) is 3.46. The van der Waals surface area contributed by atoms with Gasteiger partial charge in [-0.1, -0.05) is 0 Å². The van der Waals surface area contributed by atoms with Gasteiger partial charge < -0.3 is 15.8 Å². The molecule has 1 fully saturated rings. The highest BCUT2D eigenvalue weighted by atomic mass is 32.1. The highest BCUT2D eigenvalue weighted by Crippen LogP contribution is 2.27. The molecule has 0 spiro atoms. The van der Waals surface area contributed by atoms with Crippen LogP contribution in [0.3, 0.4) is 0 Å². The van der Waals surface area contributed by atoms with Crippen LogP contribution in [0, 0.1) is 12.3 Å². The molecule has 3 N–H and O–H groups in total. The Bertz CT molecular complexity index is 421. The lowest BCUT2D eigenvalue weighted by molar-refractivity contribution is -0.130. The molecule has 1 aliphatic heterocycles. The average Bonchev–Trinajstić information content (AvgIpc) is 2.84. The van der Waals surface area contributed by atoms with Crippen LogP contribution >= 0.6 is 11.3 Å². The molecule has 2 atom stereocenters. The van der Waals surface area contributed by atoms with E-state index in [0.29, 0.717) is 19.8 Å². The summed E-state index contributed by atoms with van der Waals surface area (Å²) in [6.07, 6.45) is 0. The maximum atomic E-state index is 12.1. The van der Waals surface area contributed by atoms with Crippen molar-refractivity contribution in [3.05, 3.63) is 16.1 Å². The minimum Gasteiger partial charge on any atom is -0.379 e. The molecule has 17 heavy (non-hydrogen) atoms. The summed E-state index contributed by atoms with van der Waals surface area (Å²) in [7, 11) is 0. The third-order valence-corrected chi connectivity index (χ3v) is 4.23. The molecule has 1 amide bonds. The fourth-order valence-corrected chi connectivity index (χ4v) is 2.50. The number of amides is 1. The van der Waals surface area contributed by atoms with E-state index in [9.17, 15) is 4.79 Å². The number of nitrogens with zero attached hydrogens (tertiary/aromatic N) is 1. The van der Waals surface area contributed by atoms with E-state index in [2.05, 4.69) is 10.3 Å². The number of carbonyl (C=O) groups excluding carboxylic acids is 1. The van der Waals surface area contributed by atoms with Crippen molar-refractivity contribution in [3.8, 4) is 0 Å².